The van der Waals surface area contributed by atoms with E-state index in [1.54, 1.807) is 31.1 Å². The number of benzene rings is 2. The molecule has 0 radical (unpaired) electrons. The van der Waals surface area contributed by atoms with Gasteiger partial charge in [0.1, 0.15) is 5.82 Å². The summed E-state index contributed by atoms with van der Waals surface area (Å²) in [7, 11) is 3.58. The summed E-state index contributed by atoms with van der Waals surface area (Å²) < 4.78 is 14.1. The molecule has 1 fully saturated rings. The van der Waals surface area contributed by atoms with Crippen molar-refractivity contribution >= 4 is 11.8 Å². The molecule has 160 valence electrons. The van der Waals surface area contributed by atoms with Gasteiger partial charge in [-0.3, -0.25) is 9.59 Å². The number of rotatable bonds is 6. The first-order valence-corrected chi connectivity index (χ1v) is 10.7. The van der Waals surface area contributed by atoms with E-state index in [0.29, 0.717) is 44.3 Å². The van der Waals surface area contributed by atoms with Crippen molar-refractivity contribution in [1.29, 1.82) is 0 Å². The fourth-order valence-corrected chi connectivity index (χ4v) is 4.38. The quantitative estimate of drug-likeness (QED) is 0.702. The molecule has 0 atom stereocenters. The summed E-state index contributed by atoms with van der Waals surface area (Å²) in [5.41, 5.74) is 1.95. The Morgan fingerprint density at radius 3 is 2.23 bits per heavy atom. The van der Waals surface area contributed by atoms with Gasteiger partial charge in [0.15, 0.2) is 0 Å². The van der Waals surface area contributed by atoms with E-state index in [2.05, 4.69) is 0 Å². The summed E-state index contributed by atoms with van der Waals surface area (Å²) in [6, 6.07) is 14.5. The third kappa shape index (κ3) is 4.72. The number of hydrogen-bond acceptors (Lipinski definition) is 2. The maximum atomic E-state index is 14.1. The first kappa shape index (κ1) is 22.0. The van der Waals surface area contributed by atoms with Gasteiger partial charge < -0.3 is 9.80 Å². The third-order valence-electron chi connectivity index (χ3n) is 6.08. The van der Waals surface area contributed by atoms with E-state index < -0.39 is 5.41 Å². The summed E-state index contributed by atoms with van der Waals surface area (Å²) in [6.07, 6.45) is 3.35. The SMILES string of the molecule is CCCC(=O)N1CCC(Cc2ccc(-c3ccccc3F)cc2)(C(=O)N(C)C)CC1. The summed E-state index contributed by atoms with van der Waals surface area (Å²) in [4.78, 5) is 29.0. The Labute approximate surface area is 178 Å². The predicted octanol–water partition coefficient (Wildman–Crippen LogP) is 4.53. The Hall–Kier alpha value is -2.69. The number of nitrogens with zero attached hydrogens (tertiary/aromatic N) is 2. The van der Waals surface area contributed by atoms with Crippen LogP contribution in [0.15, 0.2) is 48.5 Å². The normalized spacial score (nSPS) is 15.7. The van der Waals surface area contributed by atoms with Crippen LogP contribution in [0.5, 0.6) is 0 Å². The summed E-state index contributed by atoms with van der Waals surface area (Å²) >= 11 is 0. The minimum atomic E-state index is -0.508. The highest BCUT2D eigenvalue weighted by molar-refractivity contribution is 5.83. The van der Waals surface area contributed by atoms with Gasteiger partial charge in [-0.15, -0.1) is 0 Å². The molecule has 4 nitrogen and oxygen atoms in total. The zero-order valence-corrected chi connectivity index (χ0v) is 18.2. The lowest BCUT2D eigenvalue weighted by atomic mass is 9.72. The molecule has 0 bridgehead atoms. The average molecular weight is 411 g/mol. The van der Waals surface area contributed by atoms with Crippen LogP contribution in [0.2, 0.25) is 0 Å². The van der Waals surface area contributed by atoms with Gasteiger partial charge in [0.2, 0.25) is 11.8 Å². The summed E-state index contributed by atoms with van der Waals surface area (Å²) in [5.74, 6) is 0.0505. The lowest BCUT2D eigenvalue weighted by molar-refractivity contribution is -0.146. The van der Waals surface area contributed by atoms with Gasteiger partial charge in [-0.05, 0) is 42.9 Å². The van der Waals surface area contributed by atoms with Crippen molar-refractivity contribution in [3.8, 4) is 11.1 Å². The molecule has 1 saturated heterocycles. The van der Waals surface area contributed by atoms with Crippen LogP contribution in [0, 0.1) is 11.2 Å². The zero-order valence-electron chi connectivity index (χ0n) is 18.2. The molecule has 5 heteroatoms. The lowest BCUT2D eigenvalue weighted by Gasteiger charge is -2.42. The van der Waals surface area contributed by atoms with Crippen molar-refractivity contribution in [3.63, 3.8) is 0 Å². The molecule has 1 heterocycles. The highest BCUT2D eigenvalue weighted by Gasteiger charge is 2.43. The molecular weight excluding hydrogens is 379 g/mol. The summed E-state index contributed by atoms with van der Waals surface area (Å²) in [5, 5.41) is 0. The monoisotopic (exact) mass is 410 g/mol. The van der Waals surface area contributed by atoms with Gasteiger partial charge in [-0.25, -0.2) is 4.39 Å². The van der Waals surface area contributed by atoms with Gasteiger partial charge in [0, 0.05) is 39.2 Å². The molecule has 0 aromatic heterocycles. The van der Waals surface area contributed by atoms with Crippen LogP contribution in [-0.4, -0.2) is 48.8 Å². The van der Waals surface area contributed by atoms with Gasteiger partial charge in [-0.1, -0.05) is 49.4 Å². The second-order valence-corrected chi connectivity index (χ2v) is 8.46. The molecule has 0 unspecified atom stereocenters. The molecule has 3 rings (SSSR count). The zero-order chi connectivity index (χ0) is 21.7. The predicted molar refractivity (Wildman–Crippen MR) is 117 cm³/mol. The molecule has 0 spiro atoms. The van der Waals surface area contributed by atoms with Crippen LogP contribution in [0.3, 0.4) is 0 Å². The van der Waals surface area contributed by atoms with Gasteiger partial charge in [0.25, 0.3) is 0 Å². The van der Waals surface area contributed by atoms with Crippen molar-refractivity contribution in [2.45, 2.75) is 39.0 Å². The van der Waals surface area contributed by atoms with E-state index in [0.717, 1.165) is 17.5 Å². The van der Waals surface area contributed by atoms with E-state index in [4.69, 9.17) is 0 Å². The Kier molecular flexibility index (Phi) is 6.91. The largest absolute Gasteiger partial charge is 0.348 e. The van der Waals surface area contributed by atoms with Gasteiger partial charge in [0.05, 0.1) is 5.41 Å². The molecular formula is C25H31FN2O2. The molecule has 0 N–H and O–H groups in total. The second-order valence-electron chi connectivity index (χ2n) is 8.46. The summed E-state index contributed by atoms with van der Waals surface area (Å²) in [6.45, 7) is 3.24. The minimum absolute atomic E-state index is 0.114. The number of carbonyl (C=O) groups is 2. The maximum Gasteiger partial charge on any atom is 0.228 e. The number of piperidine rings is 1. The fourth-order valence-electron chi connectivity index (χ4n) is 4.38. The van der Waals surface area contributed by atoms with E-state index in [1.165, 1.54) is 6.07 Å². The molecule has 2 amide bonds. The molecule has 1 aliphatic rings. The Morgan fingerprint density at radius 1 is 1.03 bits per heavy atom. The fraction of sp³-hybridized carbons (Fsp3) is 0.440. The minimum Gasteiger partial charge on any atom is -0.348 e. The topological polar surface area (TPSA) is 40.6 Å². The van der Waals surface area contributed by atoms with Crippen LogP contribution >= 0.6 is 0 Å². The van der Waals surface area contributed by atoms with Crippen molar-refractivity contribution in [2.24, 2.45) is 5.41 Å². The Balaban J connectivity index is 1.79. The van der Waals surface area contributed by atoms with Crippen LogP contribution < -0.4 is 0 Å². The van der Waals surface area contributed by atoms with E-state index in [1.807, 2.05) is 42.2 Å². The van der Waals surface area contributed by atoms with Crippen molar-refractivity contribution in [2.75, 3.05) is 27.2 Å². The Bertz CT molecular complexity index is 884. The first-order valence-electron chi connectivity index (χ1n) is 10.7. The van der Waals surface area contributed by atoms with E-state index in [-0.39, 0.29) is 17.6 Å². The molecule has 0 saturated carbocycles. The smallest absolute Gasteiger partial charge is 0.228 e. The Morgan fingerprint density at radius 2 is 1.67 bits per heavy atom. The van der Waals surface area contributed by atoms with Gasteiger partial charge in [-0.2, -0.15) is 0 Å². The van der Waals surface area contributed by atoms with Gasteiger partial charge >= 0.3 is 0 Å². The molecule has 30 heavy (non-hydrogen) atoms. The van der Waals surface area contributed by atoms with Crippen LogP contribution in [0.4, 0.5) is 4.39 Å². The number of halogens is 1. The molecule has 1 aliphatic heterocycles. The molecule has 0 aliphatic carbocycles. The highest BCUT2D eigenvalue weighted by atomic mass is 19.1. The average Bonchev–Trinajstić information content (AvgIpc) is 2.75. The molecule has 2 aromatic rings. The number of amides is 2. The van der Waals surface area contributed by atoms with E-state index >= 15 is 0 Å². The van der Waals surface area contributed by atoms with Crippen molar-refractivity contribution < 1.29 is 14.0 Å². The maximum absolute atomic E-state index is 14.1. The van der Waals surface area contributed by atoms with Crippen molar-refractivity contribution in [1.82, 2.24) is 9.80 Å². The van der Waals surface area contributed by atoms with Crippen LogP contribution in [0.25, 0.3) is 11.1 Å². The first-order chi connectivity index (χ1) is 14.4. The standard InChI is InChI=1S/C25H31FN2O2/c1-4-7-23(29)28-16-14-25(15-17-28,24(30)27(2)3)18-19-10-12-20(13-11-19)21-8-5-6-9-22(21)26/h5-6,8-13H,4,7,14-18H2,1-3H3. The third-order valence-corrected chi connectivity index (χ3v) is 6.08. The number of carbonyl (C=O) groups excluding carboxylic acids is 2. The van der Waals surface area contributed by atoms with Crippen LogP contribution in [-0.2, 0) is 16.0 Å². The number of hydrogen-bond donors (Lipinski definition) is 0. The number of likely N-dealkylation sites (tertiary alicyclic amines) is 1. The van der Waals surface area contributed by atoms with Crippen LogP contribution in [0.1, 0.15) is 38.2 Å². The second kappa shape index (κ2) is 9.41. The van der Waals surface area contributed by atoms with E-state index in [9.17, 15) is 14.0 Å². The van der Waals surface area contributed by atoms with Crippen molar-refractivity contribution in [3.05, 3.63) is 59.9 Å². The highest BCUT2D eigenvalue weighted by Crippen LogP contribution is 2.37. The lowest BCUT2D eigenvalue weighted by Crippen LogP contribution is -2.50. The molecule has 2 aromatic carbocycles.